The Morgan fingerprint density at radius 1 is 1.00 bits per heavy atom. The molecule has 0 aliphatic heterocycles. The van der Waals surface area contributed by atoms with Gasteiger partial charge in [0, 0.05) is 24.6 Å². The molecule has 0 fully saturated rings. The average molecular weight is 642 g/mol. The van der Waals surface area contributed by atoms with Gasteiger partial charge in [-0.3, -0.25) is 13.9 Å². The van der Waals surface area contributed by atoms with Crippen LogP contribution in [0.5, 0.6) is 0 Å². The monoisotopic (exact) mass is 641 g/mol. The number of benzene rings is 3. The van der Waals surface area contributed by atoms with Crippen LogP contribution in [0.1, 0.15) is 37.0 Å². The number of hydrogen-bond acceptors (Lipinski definition) is 4. The van der Waals surface area contributed by atoms with Crippen molar-refractivity contribution in [2.24, 2.45) is 0 Å². The lowest BCUT2D eigenvalue weighted by Crippen LogP contribution is -2.54. The Kier molecular flexibility index (Phi) is 11.2. The van der Waals surface area contributed by atoms with Gasteiger partial charge in [-0.05, 0) is 43.2 Å². The van der Waals surface area contributed by atoms with Crippen molar-refractivity contribution in [2.45, 2.75) is 51.5 Å². The summed E-state index contributed by atoms with van der Waals surface area (Å²) < 4.78 is 81.7. The molecule has 0 bridgehead atoms. The average Bonchev–Trinajstić information content (AvgIpc) is 2.94. The van der Waals surface area contributed by atoms with Crippen LogP contribution in [0.4, 0.5) is 23.2 Å². The zero-order valence-electron chi connectivity index (χ0n) is 23.7. The number of nitrogens with one attached hydrogen (secondary N) is 1. The van der Waals surface area contributed by atoms with Crippen LogP contribution in [0.15, 0.2) is 72.8 Å². The molecule has 43 heavy (non-hydrogen) atoms. The van der Waals surface area contributed by atoms with Gasteiger partial charge in [0.15, 0.2) is 0 Å². The van der Waals surface area contributed by atoms with Crippen molar-refractivity contribution in [1.29, 1.82) is 0 Å². The number of carbonyl (C=O) groups is 2. The van der Waals surface area contributed by atoms with Crippen molar-refractivity contribution < 1.29 is 35.6 Å². The fraction of sp³-hybridized carbons (Fsp3) is 0.333. The second-order valence-electron chi connectivity index (χ2n) is 10.1. The minimum absolute atomic E-state index is 0.00133. The highest BCUT2D eigenvalue weighted by molar-refractivity contribution is 7.92. The highest BCUT2D eigenvalue weighted by atomic mass is 35.5. The molecule has 1 N–H and O–H groups in total. The Balaban J connectivity index is 2.12. The number of halogens is 5. The summed E-state index contributed by atoms with van der Waals surface area (Å²) in [4.78, 5) is 28.7. The topological polar surface area (TPSA) is 86.8 Å². The number of sulfonamides is 1. The maximum absolute atomic E-state index is 14.8. The molecule has 7 nitrogen and oxygen atoms in total. The van der Waals surface area contributed by atoms with Crippen molar-refractivity contribution in [3.63, 3.8) is 0 Å². The Morgan fingerprint density at radius 2 is 1.63 bits per heavy atom. The Bertz CT molecular complexity index is 1540. The number of alkyl halides is 3. The fourth-order valence-electron chi connectivity index (χ4n) is 4.30. The van der Waals surface area contributed by atoms with E-state index in [0.29, 0.717) is 22.4 Å². The first-order chi connectivity index (χ1) is 20.1. The maximum Gasteiger partial charge on any atom is 0.417 e. The van der Waals surface area contributed by atoms with Gasteiger partial charge in [-0.1, -0.05) is 67.1 Å². The Labute approximate surface area is 253 Å². The largest absolute Gasteiger partial charge is 0.417 e. The maximum atomic E-state index is 14.8. The molecule has 3 aromatic rings. The van der Waals surface area contributed by atoms with Gasteiger partial charge in [-0.2, -0.15) is 13.2 Å². The quantitative estimate of drug-likeness (QED) is 0.253. The van der Waals surface area contributed by atoms with E-state index in [9.17, 15) is 35.6 Å². The molecule has 0 aromatic heterocycles. The van der Waals surface area contributed by atoms with E-state index in [4.69, 9.17) is 11.6 Å². The number of rotatable bonds is 12. The molecule has 3 rings (SSSR count). The molecular formula is C30H32ClF4N3O4S. The Morgan fingerprint density at radius 3 is 2.21 bits per heavy atom. The molecule has 0 radical (unpaired) electrons. The van der Waals surface area contributed by atoms with E-state index in [1.165, 1.54) is 18.2 Å². The highest BCUT2D eigenvalue weighted by Crippen LogP contribution is 2.37. The van der Waals surface area contributed by atoms with Crippen LogP contribution in [-0.2, 0) is 38.8 Å². The molecule has 0 aliphatic rings. The summed E-state index contributed by atoms with van der Waals surface area (Å²) in [6.45, 7) is 2.24. The molecule has 2 atom stereocenters. The van der Waals surface area contributed by atoms with Crippen molar-refractivity contribution >= 4 is 39.1 Å². The third-order valence-electron chi connectivity index (χ3n) is 6.79. The van der Waals surface area contributed by atoms with Gasteiger partial charge in [-0.25, -0.2) is 12.8 Å². The van der Waals surface area contributed by atoms with Crippen LogP contribution in [-0.4, -0.2) is 50.0 Å². The fourth-order valence-corrected chi connectivity index (χ4v) is 5.37. The minimum atomic E-state index is -4.90. The molecular weight excluding hydrogens is 610 g/mol. The van der Waals surface area contributed by atoms with Crippen LogP contribution < -0.4 is 9.62 Å². The van der Waals surface area contributed by atoms with Crippen LogP contribution >= 0.6 is 11.6 Å². The molecule has 0 heterocycles. The second kappa shape index (κ2) is 14.2. The van der Waals surface area contributed by atoms with Crippen LogP contribution in [0.2, 0.25) is 5.02 Å². The van der Waals surface area contributed by atoms with E-state index in [1.807, 2.05) is 6.92 Å². The molecule has 0 saturated heterocycles. The first-order valence-corrected chi connectivity index (χ1v) is 15.6. The predicted octanol–water partition coefficient (Wildman–Crippen LogP) is 5.82. The molecule has 13 heteroatoms. The molecule has 3 aromatic carbocycles. The van der Waals surface area contributed by atoms with Gasteiger partial charge in [0.2, 0.25) is 21.8 Å². The lowest BCUT2D eigenvalue weighted by molar-refractivity contribution is -0.140. The predicted molar refractivity (Wildman–Crippen MR) is 157 cm³/mol. The Hall–Kier alpha value is -3.64. The normalized spacial score (nSPS) is 13.2. The van der Waals surface area contributed by atoms with E-state index in [1.54, 1.807) is 43.3 Å². The number of carbonyl (C=O) groups excluding carboxylic acids is 2. The molecule has 2 unspecified atom stereocenters. The number of anilines is 1. The smallest absolute Gasteiger partial charge is 0.352 e. The van der Waals surface area contributed by atoms with Gasteiger partial charge in [-0.15, -0.1) is 0 Å². The van der Waals surface area contributed by atoms with E-state index in [0.717, 1.165) is 23.3 Å². The summed E-state index contributed by atoms with van der Waals surface area (Å²) in [6.07, 6.45) is -3.58. The lowest BCUT2D eigenvalue weighted by atomic mass is 10.0. The summed E-state index contributed by atoms with van der Waals surface area (Å²) >= 11 is 5.72. The van der Waals surface area contributed by atoms with Crippen LogP contribution in [0.25, 0.3) is 0 Å². The molecule has 0 aliphatic carbocycles. The summed E-state index contributed by atoms with van der Waals surface area (Å²) in [6, 6.07) is 15.3. The van der Waals surface area contributed by atoms with Crippen LogP contribution in [0, 0.1) is 5.82 Å². The van der Waals surface area contributed by atoms with Crippen molar-refractivity contribution in [3.8, 4) is 0 Å². The second-order valence-corrected chi connectivity index (χ2v) is 12.4. The first-order valence-electron chi connectivity index (χ1n) is 13.3. The van der Waals surface area contributed by atoms with E-state index in [-0.39, 0.29) is 18.0 Å². The van der Waals surface area contributed by atoms with E-state index >= 15 is 0 Å². The highest BCUT2D eigenvalue weighted by Gasteiger charge is 2.36. The summed E-state index contributed by atoms with van der Waals surface area (Å²) in [5.74, 6) is -2.15. The summed E-state index contributed by atoms with van der Waals surface area (Å²) in [7, 11) is -4.33. The third kappa shape index (κ3) is 9.17. The molecule has 2 amide bonds. The number of hydrogen-bond donors (Lipinski definition) is 1. The van der Waals surface area contributed by atoms with Crippen molar-refractivity contribution in [1.82, 2.24) is 10.2 Å². The van der Waals surface area contributed by atoms with E-state index in [2.05, 4.69) is 5.32 Å². The lowest BCUT2D eigenvalue weighted by Gasteiger charge is -2.34. The minimum Gasteiger partial charge on any atom is -0.352 e. The van der Waals surface area contributed by atoms with Gasteiger partial charge in [0.1, 0.15) is 18.4 Å². The zero-order valence-corrected chi connectivity index (χ0v) is 25.3. The van der Waals surface area contributed by atoms with Gasteiger partial charge in [0.25, 0.3) is 0 Å². The summed E-state index contributed by atoms with van der Waals surface area (Å²) in [5, 5.41) is 2.18. The van der Waals surface area contributed by atoms with Crippen LogP contribution in [0.3, 0.4) is 0 Å². The molecule has 0 saturated carbocycles. The zero-order chi connectivity index (χ0) is 31.9. The van der Waals surface area contributed by atoms with Gasteiger partial charge < -0.3 is 10.2 Å². The SMILES string of the molecule is CCC(C)NC(=O)C(Cc1ccccc1)N(Cc1ccccc1F)C(=O)CN(c1ccc(Cl)c(C(F)(F)F)c1)S(C)(=O)=O. The number of nitrogens with zero attached hydrogens (tertiary/aromatic N) is 2. The van der Waals surface area contributed by atoms with Crippen molar-refractivity contribution in [2.75, 3.05) is 17.1 Å². The van der Waals surface area contributed by atoms with Gasteiger partial charge >= 0.3 is 6.18 Å². The molecule has 0 spiro atoms. The first kappa shape index (κ1) is 33.9. The van der Waals surface area contributed by atoms with Crippen molar-refractivity contribution in [3.05, 3.63) is 100 Å². The number of amides is 2. The third-order valence-corrected chi connectivity index (χ3v) is 8.26. The molecule has 232 valence electrons. The van der Waals surface area contributed by atoms with Gasteiger partial charge in [0.05, 0.1) is 22.5 Å². The van der Waals surface area contributed by atoms with E-state index < -0.39 is 69.2 Å². The summed E-state index contributed by atoms with van der Waals surface area (Å²) in [5.41, 5.74) is -1.01. The standard InChI is InChI=1S/C30H32ClF4N3O4S/c1-4-20(2)36-29(40)27(16-21-10-6-5-7-11-21)37(18-22-12-8-9-13-26(22)32)28(39)19-38(43(3,41)42)23-14-15-25(31)24(17-23)30(33,34)35/h5-15,17,20,27H,4,16,18-19H2,1-3H3,(H,36,40).